The van der Waals surface area contributed by atoms with Crippen molar-refractivity contribution in [3.8, 4) is 23.0 Å². The molecule has 0 radical (unpaired) electrons. The molecule has 6 nitrogen and oxygen atoms in total. The molecular formula is C24H26N2O4. The average Bonchev–Trinajstić information content (AvgIpc) is 2.80. The van der Waals surface area contributed by atoms with E-state index in [1.54, 1.807) is 20.4 Å². The van der Waals surface area contributed by atoms with E-state index in [0.717, 1.165) is 42.3 Å². The van der Waals surface area contributed by atoms with Crippen LogP contribution in [0, 0.1) is 5.92 Å². The molecule has 2 aromatic carbocycles. The molecule has 4 rings (SSSR count). The fraction of sp³-hybridized carbons (Fsp3) is 0.333. The number of fused-ring (bicyclic) bond motifs is 1. The van der Waals surface area contributed by atoms with Gasteiger partial charge in [-0.3, -0.25) is 9.78 Å². The summed E-state index contributed by atoms with van der Waals surface area (Å²) in [5.74, 6) is 2.82. The first kappa shape index (κ1) is 20.0. The normalized spacial score (nSPS) is 14.3. The summed E-state index contributed by atoms with van der Waals surface area (Å²) in [5, 5.41) is 3.85. The molecule has 3 aromatic rings. The summed E-state index contributed by atoms with van der Waals surface area (Å²) in [6.07, 6.45) is 7.18. The Morgan fingerprint density at radius 1 is 0.933 bits per heavy atom. The van der Waals surface area contributed by atoms with Gasteiger partial charge in [0.1, 0.15) is 11.5 Å². The maximum atomic E-state index is 12.4. The lowest BCUT2D eigenvalue weighted by molar-refractivity contribution is -0.120. The van der Waals surface area contributed by atoms with Crippen LogP contribution in [0.1, 0.15) is 32.1 Å². The third kappa shape index (κ3) is 4.32. The summed E-state index contributed by atoms with van der Waals surface area (Å²) in [6, 6.07) is 12.9. The van der Waals surface area contributed by atoms with E-state index in [1.165, 1.54) is 6.42 Å². The van der Waals surface area contributed by atoms with Crippen molar-refractivity contribution in [1.29, 1.82) is 0 Å². The Morgan fingerprint density at radius 2 is 1.63 bits per heavy atom. The number of hydrogen-bond acceptors (Lipinski definition) is 5. The van der Waals surface area contributed by atoms with Crippen molar-refractivity contribution in [3.63, 3.8) is 0 Å². The lowest BCUT2D eigenvalue weighted by Gasteiger charge is -2.20. The van der Waals surface area contributed by atoms with Crippen LogP contribution in [0.3, 0.4) is 0 Å². The van der Waals surface area contributed by atoms with Gasteiger partial charge in [0.15, 0.2) is 11.5 Å². The van der Waals surface area contributed by atoms with Crippen LogP contribution >= 0.6 is 0 Å². The number of pyridine rings is 1. The molecule has 1 aromatic heterocycles. The standard InChI is InChI=1S/C24H26N2O4/c1-28-22-14-19-20(15-23(22)29-2)25-13-12-21(19)30-18-10-8-17(9-11-18)26-24(27)16-6-4-3-5-7-16/h8-16H,3-7H2,1-2H3,(H,26,27). The van der Waals surface area contributed by atoms with Gasteiger partial charge in [-0.05, 0) is 49.2 Å². The van der Waals surface area contributed by atoms with Crippen molar-refractivity contribution in [2.75, 3.05) is 19.5 Å². The quantitative estimate of drug-likeness (QED) is 0.580. The number of amides is 1. The highest BCUT2D eigenvalue weighted by atomic mass is 16.5. The van der Waals surface area contributed by atoms with Crippen LogP contribution in [0.2, 0.25) is 0 Å². The summed E-state index contributed by atoms with van der Waals surface area (Å²) >= 11 is 0. The molecule has 0 atom stereocenters. The van der Waals surface area contributed by atoms with Gasteiger partial charge in [0.2, 0.25) is 5.91 Å². The van der Waals surface area contributed by atoms with E-state index in [9.17, 15) is 4.79 Å². The number of nitrogens with one attached hydrogen (secondary N) is 1. The number of anilines is 1. The predicted molar refractivity (Wildman–Crippen MR) is 117 cm³/mol. The topological polar surface area (TPSA) is 69.7 Å². The van der Waals surface area contributed by atoms with Crippen LogP contribution in [0.4, 0.5) is 5.69 Å². The minimum atomic E-state index is 0.115. The van der Waals surface area contributed by atoms with Crippen LogP contribution < -0.4 is 19.5 Å². The number of rotatable bonds is 6. The number of aromatic nitrogens is 1. The summed E-state index contributed by atoms with van der Waals surface area (Å²) in [7, 11) is 3.19. The summed E-state index contributed by atoms with van der Waals surface area (Å²) in [4.78, 5) is 16.8. The molecule has 0 unspecified atom stereocenters. The van der Waals surface area contributed by atoms with Gasteiger partial charge < -0.3 is 19.5 Å². The van der Waals surface area contributed by atoms with Crippen LogP contribution in [-0.2, 0) is 4.79 Å². The molecule has 1 aliphatic rings. The maximum Gasteiger partial charge on any atom is 0.227 e. The molecule has 6 heteroatoms. The van der Waals surface area contributed by atoms with E-state index >= 15 is 0 Å². The third-order valence-corrected chi connectivity index (χ3v) is 5.53. The molecular weight excluding hydrogens is 380 g/mol. The predicted octanol–water partition coefficient (Wildman–Crippen LogP) is 5.56. The molecule has 1 heterocycles. The monoisotopic (exact) mass is 406 g/mol. The van der Waals surface area contributed by atoms with E-state index in [2.05, 4.69) is 10.3 Å². The third-order valence-electron chi connectivity index (χ3n) is 5.53. The summed E-state index contributed by atoms with van der Waals surface area (Å²) < 4.78 is 16.8. The fourth-order valence-corrected chi connectivity index (χ4v) is 3.88. The van der Waals surface area contributed by atoms with Gasteiger partial charge in [-0.25, -0.2) is 0 Å². The fourth-order valence-electron chi connectivity index (χ4n) is 3.88. The molecule has 1 N–H and O–H groups in total. The van der Waals surface area contributed by atoms with E-state index in [-0.39, 0.29) is 11.8 Å². The first-order valence-corrected chi connectivity index (χ1v) is 10.3. The smallest absolute Gasteiger partial charge is 0.227 e. The number of ether oxygens (including phenoxy) is 3. The van der Waals surface area contributed by atoms with Crippen molar-refractivity contribution in [2.24, 2.45) is 5.92 Å². The number of carbonyl (C=O) groups excluding carboxylic acids is 1. The first-order chi connectivity index (χ1) is 14.7. The number of benzene rings is 2. The number of nitrogens with zero attached hydrogens (tertiary/aromatic N) is 1. The average molecular weight is 406 g/mol. The largest absolute Gasteiger partial charge is 0.493 e. The van der Waals surface area contributed by atoms with Gasteiger partial charge in [-0.15, -0.1) is 0 Å². The SMILES string of the molecule is COc1cc2nccc(Oc3ccc(NC(=O)C4CCCCC4)cc3)c2cc1OC. The second-order valence-electron chi connectivity index (χ2n) is 7.48. The van der Waals surface area contributed by atoms with E-state index < -0.39 is 0 Å². The lowest BCUT2D eigenvalue weighted by Crippen LogP contribution is -2.24. The highest BCUT2D eigenvalue weighted by molar-refractivity contribution is 5.92. The summed E-state index contributed by atoms with van der Waals surface area (Å²) in [6.45, 7) is 0. The lowest BCUT2D eigenvalue weighted by atomic mass is 9.88. The van der Waals surface area contributed by atoms with Crippen molar-refractivity contribution in [2.45, 2.75) is 32.1 Å². The van der Waals surface area contributed by atoms with Gasteiger partial charge in [-0.1, -0.05) is 19.3 Å². The highest BCUT2D eigenvalue weighted by Gasteiger charge is 2.21. The Bertz CT molecular complexity index is 1030. The van der Waals surface area contributed by atoms with Crippen LogP contribution in [-0.4, -0.2) is 25.1 Å². The molecule has 1 fully saturated rings. The Balaban J connectivity index is 1.50. The first-order valence-electron chi connectivity index (χ1n) is 10.3. The Labute approximate surface area is 176 Å². The zero-order chi connectivity index (χ0) is 20.9. The maximum absolute atomic E-state index is 12.4. The highest BCUT2D eigenvalue weighted by Crippen LogP contribution is 2.37. The number of methoxy groups -OCH3 is 2. The zero-order valence-electron chi connectivity index (χ0n) is 17.3. The Morgan fingerprint density at radius 3 is 2.33 bits per heavy atom. The van der Waals surface area contributed by atoms with Crippen LogP contribution in [0.5, 0.6) is 23.0 Å². The minimum Gasteiger partial charge on any atom is -0.493 e. The Kier molecular flexibility index (Phi) is 6.02. The molecule has 0 bridgehead atoms. The number of carbonyl (C=O) groups is 1. The second-order valence-corrected chi connectivity index (χ2v) is 7.48. The van der Waals surface area contributed by atoms with Crippen molar-refractivity contribution in [1.82, 2.24) is 4.98 Å². The van der Waals surface area contributed by atoms with Crippen molar-refractivity contribution >= 4 is 22.5 Å². The summed E-state index contributed by atoms with van der Waals surface area (Å²) in [5.41, 5.74) is 1.53. The molecule has 0 spiro atoms. The van der Waals surface area contributed by atoms with Crippen molar-refractivity contribution < 1.29 is 19.0 Å². The molecule has 1 saturated carbocycles. The molecule has 156 valence electrons. The Hall–Kier alpha value is -3.28. The molecule has 0 aliphatic heterocycles. The minimum absolute atomic E-state index is 0.115. The van der Waals surface area contributed by atoms with Crippen molar-refractivity contribution in [3.05, 3.63) is 48.7 Å². The zero-order valence-corrected chi connectivity index (χ0v) is 17.3. The molecule has 30 heavy (non-hydrogen) atoms. The van der Waals surface area contributed by atoms with E-state index in [1.807, 2.05) is 42.5 Å². The van der Waals surface area contributed by atoms with Gasteiger partial charge in [0, 0.05) is 29.3 Å². The number of hydrogen-bond donors (Lipinski definition) is 1. The second kappa shape index (κ2) is 9.03. The van der Waals surface area contributed by atoms with E-state index in [4.69, 9.17) is 14.2 Å². The van der Waals surface area contributed by atoms with E-state index in [0.29, 0.717) is 23.0 Å². The van der Waals surface area contributed by atoms with Crippen LogP contribution in [0.25, 0.3) is 10.9 Å². The van der Waals surface area contributed by atoms with Crippen LogP contribution in [0.15, 0.2) is 48.7 Å². The molecule has 1 amide bonds. The molecule has 1 aliphatic carbocycles. The molecule has 0 saturated heterocycles. The van der Waals surface area contributed by atoms with Gasteiger partial charge in [-0.2, -0.15) is 0 Å². The van der Waals surface area contributed by atoms with Gasteiger partial charge in [0.05, 0.1) is 19.7 Å². The van der Waals surface area contributed by atoms with Gasteiger partial charge in [0.25, 0.3) is 0 Å². The van der Waals surface area contributed by atoms with Gasteiger partial charge >= 0.3 is 0 Å².